The van der Waals surface area contributed by atoms with Crippen LogP contribution in [0, 0.1) is 6.92 Å². The smallest absolute Gasteiger partial charge is 0.125 e. The van der Waals surface area contributed by atoms with Gasteiger partial charge in [-0.3, -0.25) is 4.98 Å². The van der Waals surface area contributed by atoms with Gasteiger partial charge in [0, 0.05) is 11.5 Å². The Morgan fingerprint density at radius 2 is 2.21 bits per heavy atom. The van der Waals surface area contributed by atoms with E-state index < -0.39 is 12.2 Å². The maximum absolute atomic E-state index is 9.67. The standard InChI is InChI=1S/C9H13BrN2O2/c1-5-2-3-12-8(7(5)11)9(14)6(13)4-10/h2-3,6,9,13-14H,4,11H2,1H3. The first-order valence-electron chi connectivity index (χ1n) is 4.21. The Hall–Kier alpha value is -0.650. The van der Waals surface area contributed by atoms with Crippen LogP contribution in [0.1, 0.15) is 17.4 Å². The fraction of sp³-hybridized carbons (Fsp3) is 0.444. The van der Waals surface area contributed by atoms with Crippen molar-refractivity contribution >= 4 is 21.6 Å². The number of nitrogen functional groups attached to an aromatic ring is 1. The van der Waals surface area contributed by atoms with Gasteiger partial charge in [0.1, 0.15) is 6.10 Å². The zero-order valence-electron chi connectivity index (χ0n) is 7.81. The summed E-state index contributed by atoms with van der Waals surface area (Å²) >= 11 is 3.08. The largest absolute Gasteiger partial charge is 0.397 e. The van der Waals surface area contributed by atoms with Gasteiger partial charge in [-0.25, -0.2) is 0 Å². The molecule has 1 rings (SSSR count). The first-order chi connectivity index (χ1) is 6.57. The molecule has 78 valence electrons. The van der Waals surface area contributed by atoms with E-state index >= 15 is 0 Å². The van der Waals surface area contributed by atoms with E-state index in [1.54, 1.807) is 12.3 Å². The van der Waals surface area contributed by atoms with Crippen LogP contribution in [-0.2, 0) is 0 Å². The topological polar surface area (TPSA) is 79.4 Å². The van der Waals surface area contributed by atoms with Crippen LogP contribution in [0.25, 0.3) is 0 Å². The number of halogens is 1. The average Bonchev–Trinajstić information content (AvgIpc) is 2.20. The molecule has 0 spiro atoms. The van der Waals surface area contributed by atoms with Crippen molar-refractivity contribution in [2.24, 2.45) is 0 Å². The predicted octanol–water partition coefficient (Wildman–Crippen LogP) is 0.761. The second kappa shape index (κ2) is 4.72. The summed E-state index contributed by atoms with van der Waals surface area (Å²) in [6, 6.07) is 1.76. The molecule has 2 unspecified atom stereocenters. The van der Waals surface area contributed by atoms with E-state index in [0.717, 1.165) is 5.56 Å². The molecular weight excluding hydrogens is 248 g/mol. The highest BCUT2D eigenvalue weighted by molar-refractivity contribution is 9.09. The van der Waals surface area contributed by atoms with Gasteiger partial charge in [-0.05, 0) is 18.6 Å². The van der Waals surface area contributed by atoms with Crippen molar-refractivity contribution in [2.75, 3.05) is 11.1 Å². The van der Waals surface area contributed by atoms with Crippen molar-refractivity contribution in [3.8, 4) is 0 Å². The Labute approximate surface area is 90.9 Å². The molecule has 0 fully saturated rings. The van der Waals surface area contributed by atoms with E-state index in [4.69, 9.17) is 5.73 Å². The fourth-order valence-corrected chi connectivity index (χ4v) is 1.45. The zero-order valence-corrected chi connectivity index (χ0v) is 9.40. The summed E-state index contributed by atoms with van der Waals surface area (Å²) in [6.45, 7) is 1.83. The first-order valence-corrected chi connectivity index (χ1v) is 5.33. The summed E-state index contributed by atoms with van der Waals surface area (Å²) in [7, 11) is 0. The average molecular weight is 261 g/mol. The summed E-state index contributed by atoms with van der Waals surface area (Å²) in [6.07, 6.45) is -0.383. The highest BCUT2D eigenvalue weighted by Crippen LogP contribution is 2.23. The van der Waals surface area contributed by atoms with Crippen LogP contribution >= 0.6 is 15.9 Å². The second-order valence-electron chi connectivity index (χ2n) is 3.09. The molecule has 0 aliphatic carbocycles. The molecule has 2 atom stereocenters. The van der Waals surface area contributed by atoms with E-state index in [-0.39, 0.29) is 5.33 Å². The van der Waals surface area contributed by atoms with Gasteiger partial charge in [-0.2, -0.15) is 0 Å². The van der Waals surface area contributed by atoms with Crippen molar-refractivity contribution < 1.29 is 10.2 Å². The number of aliphatic hydroxyl groups is 2. The highest BCUT2D eigenvalue weighted by Gasteiger charge is 2.21. The molecule has 4 N–H and O–H groups in total. The molecule has 14 heavy (non-hydrogen) atoms. The molecule has 0 bridgehead atoms. The predicted molar refractivity (Wildman–Crippen MR) is 58.1 cm³/mol. The van der Waals surface area contributed by atoms with E-state index in [2.05, 4.69) is 20.9 Å². The van der Waals surface area contributed by atoms with Gasteiger partial charge < -0.3 is 15.9 Å². The SMILES string of the molecule is Cc1ccnc(C(O)C(O)CBr)c1N. The van der Waals surface area contributed by atoms with E-state index in [1.807, 2.05) is 6.92 Å². The lowest BCUT2D eigenvalue weighted by Gasteiger charge is -2.17. The van der Waals surface area contributed by atoms with Crippen LogP contribution < -0.4 is 5.73 Å². The number of aromatic nitrogens is 1. The molecule has 1 aromatic rings. The van der Waals surface area contributed by atoms with Gasteiger partial charge in [0.2, 0.25) is 0 Å². The van der Waals surface area contributed by atoms with Crippen molar-refractivity contribution in [1.29, 1.82) is 0 Å². The van der Waals surface area contributed by atoms with Crippen molar-refractivity contribution in [1.82, 2.24) is 4.98 Å². The van der Waals surface area contributed by atoms with Gasteiger partial charge >= 0.3 is 0 Å². The molecule has 4 nitrogen and oxygen atoms in total. The summed E-state index contributed by atoms with van der Waals surface area (Å²) in [5.74, 6) is 0. The number of hydrogen-bond acceptors (Lipinski definition) is 4. The van der Waals surface area contributed by atoms with E-state index in [1.165, 1.54) is 0 Å². The minimum atomic E-state index is -1.05. The normalized spacial score (nSPS) is 15.1. The molecule has 5 heteroatoms. The number of aliphatic hydroxyl groups excluding tert-OH is 2. The second-order valence-corrected chi connectivity index (χ2v) is 3.74. The van der Waals surface area contributed by atoms with Gasteiger partial charge in [-0.1, -0.05) is 15.9 Å². The molecular formula is C9H13BrN2O2. The van der Waals surface area contributed by atoms with E-state index in [9.17, 15) is 10.2 Å². The molecule has 1 aromatic heterocycles. The summed E-state index contributed by atoms with van der Waals surface area (Å²) in [5, 5.41) is 19.4. The number of hydrogen-bond donors (Lipinski definition) is 3. The lowest BCUT2D eigenvalue weighted by Crippen LogP contribution is -2.21. The van der Waals surface area contributed by atoms with Gasteiger partial charge in [0.15, 0.2) is 0 Å². The Morgan fingerprint density at radius 1 is 1.57 bits per heavy atom. The quantitative estimate of drug-likeness (QED) is 0.702. The molecule has 0 saturated heterocycles. The highest BCUT2D eigenvalue weighted by atomic mass is 79.9. The molecule has 0 radical (unpaired) electrons. The third-order valence-electron chi connectivity index (χ3n) is 2.04. The number of anilines is 1. The Morgan fingerprint density at radius 3 is 2.79 bits per heavy atom. The Bertz CT molecular complexity index is 320. The first kappa shape index (κ1) is 11.4. The summed E-state index contributed by atoms with van der Waals surface area (Å²) < 4.78 is 0. The maximum atomic E-state index is 9.67. The Balaban J connectivity index is 3.01. The number of rotatable bonds is 3. The van der Waals surface area contributed by atoms with E-state index in [0.29, 0.717) is 11.4 Å². The zero-order chi connectivity index (χ0) is 10.7. The molecule has 0 aromatic carbocycles. The molecule has 0 aliphatic rings. The molecule has 1 heterocycles. The molecule has 0 aliphatic heterocycles. The third kappa shape index (κ3) is 2.23. The number of pyridine rings is 1. The maximum Gasteiger partial charge on any atom is 0.125 e. The van der Waals surface area contributed by atoms with Crippen LogP contribution in [0.2, 0.25) is 0 Å². The monoisotopic (exact) mass is 260 g/mol. The minimum Gasteiger partial charge on any atom is -0.397 e. The van der Waals surface area contributed by atoms with Gasteiger partial charge in [-0.15, -0.1) is 0 Å². The van der Waals surface area contributed by atoms with Crippen molar-refractivity contribution in [2.45, 2.75) is 19.1 Å². The lowest BCUT2D eigenvalue weighted by molar-refractivity contribution is 0.0320. The van der Waals surface area contributed by atoms with Crippen LogP contribution in [0.15, 0.2) is 12.3 Å². The van der Waals surface area contributed by atoms with Crippen LogP contribution in [0.3, 0.4) is 0 Å². The number of aryl methyl sites for hydroxylation is 1. The van der Waals surface area contributed by atoms with Crippen LogP contribution in [0.5, 0.6) is 0 Å². The minimum absolute atomic E-state index is 0.281. The van der Waals surface area contributed by atoms with Crippen LogP contribution in [-0.4, -0.2) is 26.6 Å². The van der Waals surface area contributed by atoms with Crippen molar-refractivity contribution in [3.63, 3.8) is 0 Å². The third-order valence-corrected chi connectivity index (χ3v) is 2.71. The number of nitrogens with two attached hydrogens (primary N) is 1. The summed E-state index contributed by atoms with van der Waals surface area (Å²) in [5.41, 5.74) is 7.33. The fourth-order valence-electron chi connectivity index (χ4n) is 1.09. The number of alkyl halides is 1. The van der Waals surface area contributed by atoms with Gasteiger partial charge in [0.05, 0.1) is 17.5 Å². The summed E-state index contributed by atoms with van der Waals surface area (Å²) in [4.78, 5) is 3.95. The molecule has 0 saturated carbocycles. The molecule has 0 amide bonds. The van der Waals surface area contributed by atoms with Crippen molar-refractivity contribution in [3.05, 3.63) is 23.5 Å². The van der Waals surface area contributed by atoms with Crippen LogP contribution in [0.4, 0.5) is 5.69 Å². The van der Waals surface area contributed by atoms with Gasteiger partial charge in [0.25, 0.3) is 0 Å². The number of nitrogens with zero attached hydrogens (tertiary/aromatic N) is 1. The lowest BCUT2D eigenvalue weighted by atomic mass is 10.1. The Kier molecular flexibility index (Phi) is 3.86.